The maximum atomic E-state index is 9.39. The molecule has 0 saturated heterocycles. The van der Waals surface area contributed by atoms with Crippen LogP contribution in [-0.4, -0.2) is 11.2 Å². The lowest BCUT2D eigenvalue weighted by Gasteiger charge is -1.88. The van der Waals surface area contributed by atoms with E-state index in [1.807, 2.05) is 5.29 Å². The molecule has 0 aromatic carbocycles. The van der Waals surface area contributed by atoms with E-state index in [0.717, 1.165) is 0 Å². The van der Waals surface area contributed by atoms with Gasteiger partial charge in [0.05, 0.1) is 5.29 Å². The number of hydrazine groups is 1. The molecule has 6 heteroatoms. The molecule has 0 aliphatic rings. The summed E-state index contributed by atoms with van der Waals surface area (Å²) in [5.74, 6) is 0. The molecule has 0 rings (SSSR count). The van der Waals surface area contributed by atoms with Gasteiger partial charge >= 0.3 is 6.09 Å². The second-order valence-corrected chi connectivity index (χ2v) is 0.633. The molecular weight excluding hydrogens is 102 g/mol. The molecule has 0 atom stereocenters. The van der Waals surface area contributed by atoms with Crippen molar-refractivity contribution in [1.82, 2.24) is 11.0 Å². The van der Waals surface area contributed by atoms with Crippen LogP contribution in [0.2, 0.25) is 0 Å². The van der Waals surface area contributed by atoms with Crippen molar-refractivity contribution in [2.45, 2.75) is 0 Å². The minimum atomic E-state index is -1.35. The van der Waals surface area contributed by atoms with Gasteiger partial charge in [-0.2, -0.15) is 5.53 Å². The van der Waals surface area contributed by atoms with Gasteiger partial charge < -0.3 is 5.11 Å². The van der Waals surface area contributed by atoms with Crippen molar-refractivity contribution in [2.24, 2.45) is 5.29 Å². The van der Waals surface area contributed by atoms with Crippen molar-refractivity contribution < 1.29 is 9.90 Å². The van der Waals surface area contributed by atoms with E-state index in [2.05, 4.69) is 0 Å². The number of nitrogens with one attached hydrogen (secondary N) is 2. The summed E-state index contributed by atoms with van der Waals surface area (Å²) in [7, 11) is 0. The molecule has 0 aliphatic carbocycles. The SMILES string of the molecule is O=NNNC(=O)O. The summed E-state index contributed by atoms with van der Waals surface area (Å²) >= 11 is 0. The van der Waals surface area contributed by atoms with E-state index in [9.17, 15) is 4.79 Å². The number of carbonyl (C=O) groups is 1. The molecule has 0 saturated carbocycles. The Kier molecular flexibility index (Phi) is 2.34. The lowest BCUT2D eigenvalue weighted by Crippen LogP contribution is -2.31. The molecule has 0 aromatic rings. The van der Waals surface area contributed by atoms with Gasteiger partial charge in [-0.05, 0) is 0 Å². The Balaban J connectivity index is 2.97. The van der Waals surface area contributed by atoms with Gasteiger partial charge in [0.15, 0.2) is 0 Å². The van der Waals surface area contributed by atoms with Gasteiger partial charge in [0.1, 0.15) is 0 Å². The van der Waals surface area contributed by atoms with Crippen molar-refractivity contribution in [2.75, 3.05) is 0 Å². The molecule has 0 unspecified atom stereocenters. The summed E-state index contributed by atoms with van der Waals surface area (Å²) in [5, 5.41) is 9.66. The maximum absolute atomic E-state index is 9.39. The largest absolute Gasteiger partial charge is 0.464 e. The molecule has 0 bridgehead atoms. The zero-order valence-corrected chi connectivity index (χ0v) is 3.21. The van der Waals surface area contributed by atoms with Gasteiger partial charge in [-0.3, -0.25) is 0 Å². The molecule has 40 valence electrons. The van der Waals surface area contributed by atoms with Crippen LogP contribution in [0.1, 0.15) is 0 Å². The first-order valence-corrected chi connectivity index (χ1v) is 1.33. The van der Waals surface area contributed by atoms with Crippen molar-refractivity contribution in [3.05, 3.63) is 4.91 Å². The van der Waals surface area contributed by atoms with Crippen LogP contribution in [-0.2, 0) is 0 Å². The topological polar surface area (TPSA) is 90.8 Å². The third-order valence-corrected chi connectivity index (χ3v) is 0.208. The van der Waals surface area contributed by atoms with Crippen molar-refractivity contribution in [3.8, 4) is 0 Å². The highest BCUT2D eigenvalue weighted by Gasteiger charge is 1.85. The summed E-state index contributed by atoms with van der Waals surface area (Å²) in [6, 6.07) is 0. The van der Waals surface area contributed by atoms with Gasteiger partial charge in [0, 0.05) is 0 Å². The average molecular weight is 105 g/mol. The summed E-state index contributed by atoms with van der Waals surface area (Å²) in [6.45, 7) is 0. The quantitative estimate of drug-likeness (QED) is 0.324. The Morgan fingerprint density at radius 2 is 2.29 bits per heavy atom. The third-order valence-electron chi connectivity index (χ3n) is 0.208. The number of carboxylic acid groups (broad SMARTS) is 1. The predicted octanol–water partition coefficient (Wildman–Crippen LogP) is -0.560. The van der Waals surface area contributed by atoms with Crippen LogP contribution in [0.15, 0.2) is 5.29 Å². The van der Waals surface area contributed by atoms with Crippen LogP contribution in [0, 0.1) is 4.91 Å². The van der Waals surface area contributed by atoms with E-state index in [1.54, 1.807) is 0 Å². The molecule has 0 aromatic heterocycles. The van der Waals surface area contributed by atoms with Crippen LogP contribution in [0.25, 0.3) is 0 Å². The Morgan fingerprint density at radius 3 is 2.43 bits per heavy atom. The van der Waals surface area contributed by atoms with Crippen molar-refractivity contribution >= 4 is 6.09 Å². The minimum absolute atomic E-state index is 1.35. The van der Waals surface area contributed by atoms with E-state index >= 15 is 0 Å². The summed E-state index contributed by atoms with van der Waals surface area (Å²) in [5.41, 5.74) is 2.95. The fourth-order valence-corrected chi connectivity index (χ4v) is 0.0706. The molecule has 3 N–H and O–H groups in total. The second kappa shape index (κ2) is 2.88. The Hall–Kier alpha value is -1.33. The van der Waals surface area contributed by atoms with Crippen LogP contribution in [0.5, 0.6) is 0 Å². The Labute approximate surface area is 38.4 Å². The zero-order chi connectivity index (χ0) is 5.70. The first-order valence-electron chi connectivity index (χ1n) is 1.33. The Bertz CT molecular complexity index is 80.2. The lowest BCUT2D eigenvalue weighted by atomic mass is 11.3. The monoisotopic (exact) mass is 105 g/mol. The Morgan fingerprint density at radius 1 is 1.71 bits per heavy atom. The average Bonchev–Trinajstić information content (AvgIpc) is 1.61. The normalized spacial score (nSPS) is 6.86. The molecule has 0 aliphatic heterocycles. The van der Waals surface area contributed by atoms with Crippen LogP contribution in [0.3, 0.4) is 0 Å². The van der Waals surface area contributed by atoms with E-state index in [0.29, 0.717) is 0 Å². The van der Waals surface area contributed by atoms with Gasteiger partial charge in [0.2, 0.25) is 0 Å². The smallest absolute Gasteiger partial charge is 0.424 e. The summed E-state index contributed by atoms with van der Waals surface area (Å²) in [6.07, 6.45) is -1.35. The van der Waals surface area contributed by atoms with Gasteiger partial charge in [-0.15, -0.1) is 4.91 Å². The molecule has 6 nitrogen and oxygen atoms in total. The number of amides is 1. The fourth-order valence-electron chi connectivity index (χ4n) is 0.0706. The minimum Gasteiger partial charge on any atom is -0.464 e. The first-order chi connectivity index (χ1) is 3.27. The van der Waals surface area contributed by atoms with Crippen LogP contribution < -0.4 is 11.0 Å². The van der Waals surface area contributed by atoms with Crippen molar-refractivity contribution in [1.29, 1.82) is 0 Å². The van der Waals surface area contributed by atoms with Crippen molar-refractivity contribution in [3.63, 3.8) is 0 Å². The van der Waals surface area contributed by atoms with E-state index in [-0.39, 0.29) is 0 Å². The predicted molar refractivity (Wildman–Crippen MR) is 20.1 cm³/mol. The van der Waals surface area contributed by atoms with E-state index < -0.39 is 6.09 Å². The zero-order valence-electron chi connectivity index (χ0n) is 3.21. The first kappa shape index (κ1) is 5.67. The number of hydrogen-bond acceptors (Lipinski definition) is 3. The maximum Gasteiger partial charge on any atom is 0.424 e. The number of hydrogen-bond donors (Lipinski definition) is 3. The summed E-state index contributed by atoms with van der Waals surface area (Å²) < 4.78 is 0. The van der Waals surface area contributed by atoms with Gasteiger partial charge in [-0.25, -0.2) is 10.2 Å². The van der Waals surface area contributed by atoms with E-state index in [4.69, 9.17) is 10.0 Å². The number of nitrogens with zero attached hydrogens (tertiary/aromatic N) is 1. The molecule has 0 spiro atoms. The number of nitroso groups, excluding NO2 is 1. The van der Waals surface area contributed by atoms with Gasteiger partial charge in [0.25, 0.3) is 0 Å². The molecule has 1 amide bonds. The lowest BCUT2D eigenvalue weighted by molar-refractivity contribution is 0.189. The highest BCUT2D eigenvalue weighted by Crippen LogP contribution is 1.51. The van der Waals surface area contributed by atoms with Gasteiger partial charge in [-0.1, -0.05) is 0 Å². The highest BCUT2D eigenvalue weighted by molar-refractivity contribution is 5.63. The second-order valence-electron chi connectivity index (χ2n) is 0.633. The molecule has 0 radical (unpaired) electrons. The van der Waals surface area contributed by atoms with Crippen LogP contribution >= 0.6 is 0 Å². The van der Waals surface area contributed by atoms with Crippen LogP contribution in [0.4, 0.5) is 4.79 Å². The number of rotatable bonds is 2. The molecule has 7 heavy (non-hydrogen) atoms. The van der Waals surface area contributed by atoms with E-state index in [1.165, 1.54) is 11.0 Å². The standard InChI is InChI=1S/CH3N3O3/c5-1(6)2-3-4-7/h(H,2,4)(H,3,7)(H,5,6). The third kappa shape index (κ3) is 4.67. The summed E-state index contributed by atoms with van der Waals surface area (Å²) in [4.78, 5) is 18.4. The molecular formula is CH3N3O3. The fraction of sp³-hybridized carbons (Fsp3) is 0. The highest BCUT2D eigenvalue weighted by atomic mass is 16.4. The molecule has 0 heterocycles. The molecule has 0 fully saturated rings.